The van der Waals surface area contributed by atoms with Crippen molar-refractivity contribution in [2.24, 2.45) is 0 Å². The van der Waals surface area contributed by atoms with Gasteiger partial charge in [-0.15, -0.1) is 0 Å². The number of nitrogens with zero attached hydrogens (tertiary/aromatic N) is 3. The number of hydrogen-bond donors (Lipinski definition) is 1. The molecule has 1 unspecified atom stereocenters. The number of rotatable bonds is 6. The minimum atomic E-state index is -0.601. The van der Waals surface area contributed by atoms with E-state index in [1.54, 1.807) is 31.1 Å². The highest BCUT2D eigenvalue weighted by Crippen LogP contribution is 2.29. The number of carbonyl (C=O) groups is 2. The molecule has 1 aliphatic heterocycles. The van der Waals surface area contributed by atoms with Crippen LogP contribution in [0.5, 0.6) is 11.5 Å². The predicted molar refractivity (Wildman–Crippen MR) is 136 cm³/mol. The molecule has 36 heavy (non-hydrogen) atoms. The number of benzene rings is 3. The van der Waals surface area contributed by atoms with Gasteiger partial charge in [0.25, 0.3) is 11.8 Å². The zero-order valence-electron chi connectivity index (χ0n) is 20.1. The Balaban J connectivity index is 1.32. The Bertz CT molecular complexity index is 1420. The van der Waals surface area contributed by atoms with Gasteiger partial charge in [-0.25, -0.2) is 4.98 Å². The van der Waals surface area contributed by atoms with Gasteiger partial charge in [0.2, 0.25) is 0 Å². The molecule has 0 fully saturated rings. The Labute approximate surface area is 208 Å². The molecule has 2 heterocycles. The van der Waals surface area contributed by atoms with Crippen LogP contribution in [0.2, 0.25) is 0 Å². The Morgan fingerprint density at radius 3 is 2.67 bits per heavy atom. The molecule has 8 nitrogen and oxygen atoms in total. The number of nitrogens with one attached hydrogen (secondary N) is 1. The van der Waals surface area contributed by atoms with Gasteiger partial charge in [0.15, 0.2) is 6.10 Å². The second kappa shape index (κ2) is 10.0. The van der Waals surface area contributed by atoms with Gasteiger partial charge < -0.3 is 19.7 Å². The highest BCUT2D eigenvalue weighted by Gasteiger charge is 2.28. The summed E-state index contributed by atoms with van der Waals surface area (Å²) in [5, 5.41) is 2.89. The number of aromatic nitrogens is 2. The highest BCUT2D eigenvalue weighted by atomic mass is 16.5. The number of anilines is 1. The Morgan fingerprint density at radius 2 is 1.89 bits per heavy atom. The summed E-state index contributed by atoms with van der Waals surface area (Å²) in [6.45, 7) is 2.68. The van der Waals surface area contributed by atoms with Crippen molar-refractivity contribution in [3.63, 3.8) is 0 Å². The van der Waals surface area contributed by atoms with Crippen LogP contribution in [-0.4, -0.2) is 46.4 Å². The molecule has 3 aromatic carbocycles. The van der Waals surface area contributed by atoms with Gasteiger partial charge in [0.1, 0.15) is 17.2 Å². The molecule has 1 atom stereocenters. The van der Waals surface area contributed by atoms with Crippen LogP contribution in [0.4, 0.5) is 5.69 Å². The Kier molecular flexibility index (Phi) is 6.49. The summed E-state index contributed by atoms with van der Waals surface area (Å²) >= 11 is 0. The predicted octanol–water partition coefficient (Wildman–Crippen LogP) is 4.24. The topological polar surface area (TPSA) is 93.7 Å². The summed E-state index contributed by atoms with van der Waals surface area (Å²) in [4.78, 5) is 36.4. The van der Waals surface area contributed by atoms with E-state index in [4.69, 9.17) is 9.47 Å². The van der Waals surface area contributed by atoms with E-state index in [2.05, 4.69) is 15.3 Å². The van der Waals surface area contributed by atoms with Crippen LogP contribution in [0.15, 0.2) is 72.9 Å². The molecule has 0 aliphatic carbocycles. The molecule has 2 amide bonds. The third-order valence-corrected chi connectivity index (χ3v) is 6.15. The molecule has 0 saturated heterocycles. The molecule has 0 radical (unpaired) electrons. The van der Waals surface area contributed by atoms with Crippen molar-refractivity contribution in [3.8, 4) is 11.5 Å². The van der Waals surface area contributed by atoms with Crippen LogP contribution < -0.4 is 14.8 Å². The minimum absolute atomic E-state index is 0.0725. The van der Waals surface area contributed by atoms with Gasteiger partial charge in [-0.1, -0.05) is 24.3 Å². The monoisotopic (exact) mass is 482 g/mol. The van der Waals surface area contributed by atoms with Gasteiger partial charge in [-0.05, 0) is 61.4 Å². The van der Waals surface area contributed by atoms with Gasteiger partial charge >= 0.3 is 0 Å². The van der Waals surface area contributed by atoms with Crippen LogP contribution in [0.1, 0.15) is 28.5 Å². The quantitative estimate of drug-likeness (QED) is 0.442. The Hall–Kier alpha value is -4.46. The summed E-state index contributed by atoms with van der Waals surface area (Å²) < 4.78 is 11.1. The molecule has 1 aromatic heterocycles. The summed E-state index contributed by atoms with van der Waals surface area (Å²) in [6, 6.07) is 20.6. The molecule has 4 aromatic rings. The summed E-state index contributed by atoms with van der Waals surface area (Å²) in [5.74, 6) is 0.997. The molecule has 5 rings (SSSR count). The SMILES string of the molecule is COc1ccc(CCN2Cc3cc(NC(=O)c4cnc5ccccc5n4)ccc3OC(C)C2=O)cc1. The van der Waals surface area contributed by atoms with Crippen molar-refractivity contribution in [1.82, 2.24) is 14.9 Å². The molecule has 8 heteroatoms. The maximum Gasteiger partial charge on any atom is 0.275 e. The second-order valence-corrected chi connectivity index (χ2v) is 8.64. The van der Waals surface area contributed by atoms with E-state index in [9.17, 15) is 9.59 Å². The summed E-state index contributed by atoms with van der Waals surface area (Å²) in [5.41, 5.74) is 4.13. The fraction of sp³-hybridized carbons (Fsp3) is 0.214. The van der Waals surface area contributed by atoms with E-state index < -0.39 is 6.10 Å². The smallest absolute Gasteiger partial charge is 0.275 e. The first-order valence-corrected chi connectivity index (χ1v) is 11.7. The zero-order chi connectivity index (χ0) is 25.1. The number of hydrogen-bond acceptors (Lipinski definition) is 6. The second-order valence-electron chi connectivity index (χ2n) is 8.64. The molecule has 182 valence electrons. The maximum absolute atomic E-state index is 13.0. The Morgan fingerprint density at radius 1 is 1.11 bits per heavy atom. The minimum Gasteiger partial charge on any atom is -0.497 e. The highest BCUT2D eigenvalue weighted by molar-refractivity contribution is 6.03. The number of ether oxygens (including phenoxy) is 2. The first-order chi connectivity index (χ1) is 17.5. The standard InChI is InChI=1S/C28H26N4O4/c1-18-28(34)32(14-13-19-7-10-22(35-2)11-8-19)17-20-15-21(9-12-26(20)36-18)30-27(33)25-16-29-23-5-3-4-6-24(23)31-25/h3-12,15-16,18H,13-14,17H2,1-2H3,(H,30,33). The van der Waals surface area contributed by atoms with E-state index in [0.717, 1.165) is 22.4 Å². The summed E-state index contributed by atoms with van der Waals surface area (Å²) in [7, 11) is 1.63. The zero-order valence-corrected chi connectivity index (χ0v) is 20.1. The van der Waals surface area contributed by atoms with Gasteiger partial charge in [0, 0.05) is 24.3 Å². The maximum atomic E-state index is 13.0. The van der Waals surface area contributed by atoms with Crippen LogP contribution >= 0.6 is 0 Å². The van der Waals surface area contributed by atoms with Crippen molar-refractivity contribution >= 4 is 28.5 Å². The van der Waals surface area contributed by atoms with Crippen molar-refractivity contribution < 1.29 is 19.1 Å². The van der Waals surface area contributed by atoms with Crippen LogP contribution in [0, 0.1) is 0 Å². The normalized spacial score (nSPS) is 15.1. The third kappa shape index (κ3) is 4.98. The van der Waals surface area contributed by atoms with Crippen molar-refractivity contribution in [1.29, 1.82) is 0 Å². The van der Waals surface area contributed by atoms with E-state index >= 15 is 0 Å². The molecule has 0 bridgehead atoms. The first kappa shape index (κ1) is 23.3. The average molecular weight is 483 g/mol. The lowest BCUT2D eigenvalue weighted by molar-refractivity contribution is -0.137. The third-order valence-electron chi connectivity index (χ3n) is 6.15. The number of carbonyl (C=O) groups excluding carboxylic acids is 2. The van der Waals surface area contributed by atoms with Crippen LogP contribution in [-0.2, 0) is 17.8 Å². The van der Waals surface area contributed by atoms with E-state index in [-0.39, 0.29) is 17.5 Å². The van der Waals surface area contributed by atoms with Crippen molar-refractivity contribution in [2.75, 3.05) is 19.0 Å². The molecular weight excluding hydrogens is 456 g/mol. The largest absolute Gasteiger partial charge is 0.497 e. The van der Waals surface area contributed by atoms with Crippen LogP contribution in [0.25, 0.3) is 11.0 Å². The van der Waals surface area contributed by atoms with Gasteiger partial charge in [-0.2, -0.15) is 0 Å². The molecule has 0 spiro atoms. The molecule has 0 saturated carbocycles. The molecule has 1 N–H and O–H groups in total. The van der Waals surface area contributed by atoms with Gasteiger partial charge in [-0.3, -0.25) is 14.6 Å². The van der Waals surface area contributed by atoms with Crippen molar-refractivity contribution in [3.05, 3.63) is 89.7 Å². The van der Waals surface area contributed by atoms with E-state index in [0.29, 0.717) is 36.5 Å². The van der Waals surface area contributed by atoms with Crippen molar-refractivity contribution in [2.45, 2.75) is 26.0 Å². The van der Waals surface area contributed by atoms with E-state index in [1.807, 2.05) is 54.6 Å². The lowest BCUT2D eigenvalue weighted by Gasteiger charge is -2.22. The number of amides is 2. The van der Waals surface area contributed by atoms with Gasteiger partial charge in [0.05, 0.1) is 24.3 Å². The first-order valence-electron chi connectivity index (χ1n) is 11.7. The number of para-hydroxylation sites is 2. The lowest BCUT2D eigenvalue weighted by atomic mass is 10.1. The average Bonchev–Trinajstić information content (AvgIpc) is 3.02. The van der Waals surface area contributed by atoms with E-state index in [1.165, 1.54) is 6.20 Å². The summed E-state index contributed by atoms with van der Waals surface area (Å²) in [6.07, 6.45) is 1.57. The number of fused-ring (bicyclic) bond motifs is 2. The molecular formula is C28H26N4O4. The number of methoxy groups -OCH3 is 1. The van der Waals surface area contributed by atoms with Crippen LogP contribution in [0.3, 0.4) is 0 Å². The lowest BCUT2D eigenvalue weighted by Crippen LogP contribution is -2.39. The molecule has 1 aliphatic rings. The fourth-order valence-electron chi connectivity index (χ4n) is 4.18. The fourth-order valence-corrected chi connectivity index (χ4v) is 4.18.